The molecular weight excluding hydrogens is 464 g/mol. The van der Waals surface area contributed by atoms with Crippen molar-refractivity contribution >= 4 is 39.1 Å². The van der Waals surface area contributed by atoms with Crippen LogP contribution in [0.1, 0.15) is 21.7 Å². The topological polar surface area (TPSA) is 59.8 Å². The summed E-state index contributed by atoms with van der Waals surface area (Å²) in [5.74, 6) is 0.261. The average Bonchev–Trinajstić information content (AvgIpc) is 3.18. The summed E-state index contributed by atoms with van der Waals surface area (Å²) >= 11 is 9.62. The number of amides is 1. The Kier molecular flexibility index (Phi) is 5.70. The minimum absolute atomic E-state index is 0.0767. The minimum atomic E-state index is -0.399. The predicted molar refractivity (Wildman–Crippen MR) is 123 cm³/mol. The molecule has 150 valence electrons. The lowest BCUT2D eigenvalue weighted by molar-refractivity contribution is 0.101. The van der Waals surface area contributed by atoms with E-state index in [1.54, 1.807) is 22.9 Å². The molecule has 3 aromatic carbocycles. The minimum Gasteiger partial charge on any atom is -0.319 e. The molecule has 0 radical (unpaired) electrons. The van der Waals surface area contributed by atoms with Crippen LogP contribution in [0.15, 0.2) is 71.2 Å². The maximum absolute atomic E-state index is 12.9. The van der Waals surface area contributed by atoms with Crippen molar-refractivity contribution in [2.45, 2.75) is 13.8 Å². The van der Waals surface area contributed by atoms with Crippen LogP contribution in [0, 0.1) is 13.8 Å². The van der Waals surface area contributed by atoms with Gasteiger partial charge < -0.3 is 5.32 Å². The van der Waals surface area contributed by atoms with E-state index in [1.807, 2.05) is 62.4 Å². The molecule has 0 aliphatic heterocycles. The van der Waals surface area contributed by atoms with Gasteiger partial charge in [-0.1, -0.05) is 63.4 Å². The van der Waals surface area contributed by atoms with Gasteiger partial charge in [0.2, 0.25) is 5.82 Å². The molecule has 0 bridgehead atoms. The summed E-state index contributed by atoms with van der Waals surface area (Å²) in [7, 11) is 0. The number of nitrogens with one attached hydrogen (secondary N) is 1. The van der Waals surface area contributed by atoms with Crippen molar-refractivity contribution in [3.63, 3.8) is 0 Å². The van der Waals surface area contributed by atoms with Gasteiger partial charge >= 0.3 is 0 Å². The maximum atomic E-state index is 12.9. The highest BCUT2D eigenvalue weighted by Crippen LogP contribution is 2.25. The summed E-state index contributed by atoms with van der Waals surface area (Å²) in [6, 6.07) is 21.0. The lowest BCUT2D eigenvalue weighted by atomic mass is 10.2. The highest BCUT2D eigenvalue weighted by atomic mass is 79.9. The van der Waals surface area contributed by atoms with Gasteiger partial charge in [-0.05, 0) is 55.8 Å². The maximum Gasteiger partial charge on any atom is 0.295 e. The zero-order valence-corrected chi connectivity index (χ0v) is 18.7. The predicted octanol–water partition coefficient (Wildman–Crippen LogP) is 6.22. The van der Waals surface area contributed by atoms with Gasteiger partial charge in [-0.2, -0.15) is 0 Å². The van der Waals surface area contributed by atoms with Crippen molar-refractivity contribution in [1.29, 1.82) is 0 Å². The van der Waals surface area contributed by atoms with E-state index in [0.29, 0.717) is 16.5 Å². The van der Waals surface area contributed by atoms with Crippen LogP contribution in [0.5, 0.6) is 0 Å². The summed E-state index contributed by atoms with van der Waals surface area (Å²) in [4.78, 5) is 17.5. The molecule has 4 rings (SSSR count). The van der Waals surface area contributed by atoms with Crippen LogP contribution in [0.3, 0.4) is 0 Å². The molecule has 0 spiro atoms. The summed E-state index contributed by atoms with van der Waals surface area (Å²) in [5.41, 5.74) is 4.23. The number of nitrogens with zero attached hydrogens (tertiary/aromatic N) is 3. The molecule has 0 atom stereocenters. The Morgan fingerprint density at radius 1 is 1.00 bits per heavy atom. The van der Waals surface area contributed by atoms with Crippen LogP contribution in [-0.2, 0) is 0 Å². The summed E-state index contributed by atoms with van der Waals surface area (Å²) < 4.78 is 2.64. The molecule has 0 saturated carbocycles. The number of aryl methyl sites for hydroxylation is 1. The lowest BCUT2D eigenvalue weighted by Crippen LogP contribution is -2.15. The molecule has 1 heterocycles. The number of hydrogen-bond acceptors (Lipinski definition) is 3. The molecule has 30 heavy (non-hydrogen) atoms. The highest BCUT2D eigenvalue weighted by Gasteiger charge is 2.19. The van der Waals surface area contributed by atoms with Crippen LogP contribution in [0.25, 0.3) is 17.1 Å². The van der Waals surface area contributed by atoms with Crippen LogP contribution < -0.4 is 5.32 Å². The van der Waals surface area contributed by atoms with Crippen LogP contribution in [-0.4, -0.2) is 20.7 Å². The second-order valence-electron chi connectivity index (χ2n) is 6.88. The summed E-state index contributed by atoms with van der Waals surface area (Å²) in [6.45, 7) is 3.87. The third-order valence-electron chi connectivity index (χ3n) is 4.71. The zero-order chi connectivity index (χ0) is 21.3. The highest BCUT2D eigenvalue weighted by molar-refractivity contribution is 9.10. The van der Waals surface area contributed by atoms with E-state index < -0.39 is 5.91 Å². The molecule has 0 fully saturated rings. The van der Waals surface area contributed by atoms with Crippen molar-refractivity contribution in [3.8, 4) is 17.1 Å². The Hall–Kier alpha value is -2.96. The molecule has 1 N–H and O–H groups in total. The van der Waals surface area contributed by atoms with Gasteiger partial charge in [0.05, 0.1) is 5.69 Å². The monoisotopic (exact) mass is 480 g/mol. The first kappa shape index (κ1) is 20.3. The van der Waals surface area contributed by atoms with Crippen molar-refractivity contribution in [1.82, 2.24) is 14.8 Å². The van der Waals surface area contributed by atoms with Crippen LogP contribution in [0.2, 0.25) is 5.02 Å². The zero-order valence-electron chi connectivity index (χ0n) is 16.4. The van der Waals surface area contributed by atoms with Gasteiger partial charge in [-0.25, -0.2) is 9.67 Å². The number of halogens is 2. The van der Waals surface area contributed by atoms with E-state index >= 15 is 0 Å². The van der Waals surface area contributed by atoms with E-state index in [9.17, 15) is 4.79 Å². The van der Waals surface area contributed by atoms with E-state index in [1.165, 1.54) is 0 Å². The Morgan fingerprint density at radius 2 is 1.70 bits per heavy atom. The Bertz CT molecular complexity index is 1150. The quantitative estimate of drug-likeness (QED) is 0.376. The average molecular weight is 482 g/mol. The first-order chi connectivity index (χ1) is 14.4. The molecule has 1 amide bonds. The van der Waals surface area contributed by atoms with Crippen LogP contribution >= 0.6 is 27.5 Å². The first-order valence-corrected chi connectivity index (χ1v) is 10.5. The van der Waals surface area contributed by atoms with Crippen molar-refractivity contribution in [2.75, 3.05) is 5.32 Å². The van der Waals surface area contributed by atoms with Gasteiger partial charge in [0, 0.05) is 20.7 Å². The van der Waals surface area contributed by atoms with Gasteiger partial charge in [0.1, 0.15) is 0 Å². The van der Waals surface area contributed by atoms with E-state index in [2.05, 4.69) is 31.3 Å². The second kappa shape index (κ2) is 8.42. The number of carbonyl (C=O) groups is 1. The van der Waals surface area contributed by atoms with E-state index in [4.69, 9.17) is 11.6 Å². The van der Waals surface area contributed by atoms with Crippen molar-refractivity contribution in [3.05, 3.63) is 93.2 Å². The third-order valence-corrected chi connectivity index (χ3v) is 5.65. The Labute approximate surface area is 187 Å². The Balaban J connectivity index is 1.76. The normalized spacial score (nSPS) is 10.8. The van der Waals surface area contributed by atoms with Gasteiger partial charge in [-0.3, -0.25) is 4.79 Å². The number of rotatable bonds is 4. The SMILES string of the molecule is Cc1ccc(-n2nc(C(=O)Nc3cccc(Cl)c3C)nc2-c2ccc(Br)cc2)cc1. The molecule has 0 saturated heterocycles. The summed E-state index contributed by atoms with van der Waals surface area (Å²) in [5, 5.41) is 7.95. The molecular formula is C23H18BrClN4O. The van der Waals surface area contributed by atoms with Crippen molar-refractivity contribution in [2.24, 2.45) is 0 Å². The first-order valence-electron chi connectivity index (χ1n) is 9.29. The molecule has 0 unspecified atom stereocenters. The lowest BCUT2D eigenvalue weighted by Gasteiger charge is -2.07. The number of anilines is 1. The van der Waals surface area contributed by atoms with Gasteiger partial charge in [-0.15, -0.1) is 5.10 Å². The summed E-state index contributed by atoms with van der Waals surface area (Å²) in [6.07, 6.45) is 0. The standard InChI is InChI=1S/C23H18BrClN4O/c1-14-6-12-18(13-7-14)29-22(16-8-10-17(24)11-9-16)27-21(28-29)23(30)26-20-5-3-4-19(25)15(20)2/h3-13H,1-2H3,(H,26,30). The van der Waals surface area contributed by atoms with E-state index in [-0.39, 0.29) is 5.82 Å². The smallest absolute Gasteiger partial charge is 0.295 e. The van der Waals surface area contributed by atoms with Gasteiger partial charge in [0.15, 0.2) is 5.82 Å². The Morgan fingerprint density at radius 3 is 2.40 bits per heavy atom. The second-order valence-corrected chi connectivity index (χ2v) is 8.20. The number of aromatic nitrogens is 3. The van der Waals surface area contributed by atoms with Gasteiger partial charge in [0.25, 0.3) is 5.91 Å². The molecule has 4 aromatic rings. The number of hydrogen-bond donors (Lipinski definition) is 1. The van der Waals surface area contributed by atoms with Crippen molar-refractivity contribution < 1.29 is 4.79 Å². The fraction of sp³-hybridized carbons (Fsp3) is 0.0870. The fourth-order valence-corrected chi connectivity index (χ4v) is 3.42. The molecule has 7 heteroatoms. The molecule has 0 aliphatic carbocycles. The fourth-order valence-electron chi connectivity index (χ4n) is 2.98. The van der Waals surface area contributed by atoms with Crippen LogP contribution in [0.4, 0.5) is 5.69 Å². The molecule has 5 nitrogen and oxygen atoms in total. The van der Waals surface area contributed by atoms with E-state index in [0.717, 1.165) is 26.9 Å². The molecule has 0 aliphatic rings. The largest absolute Gasteiger partial charge is 0.319 e. The molecule has 1 aromatic heterocycles. The third kappa shape index (κ3) is 4.15. The number of benzene rings is 3. The number of carbonyl (C=O) groups excluding carboxylic acids is 1.